The molecule has 3 atom stereocenters. The highest BCUT2D eigenvalue weighted by Crippen LogP contribution is 2.17. The number of morpholine rings is 1. The van der Waals surface area contributed by atoms with Crippen LogP contribution in [0.1, 0.15) is 53.9 Å². The maximum Gasteiger partial charge on any atom is 0.323 e. The van der Waals surface area contributed by atoms with E-state index in [0.29, 0.717) is 18.6 Å². The van der Waals surface area contributed by atoms with Gasteiger partial charge in [0.2, 0.25) is 0 Å². The highest BCUT2D eigenvalue weighted by molar-refractivity contribution is 5.78. The van der Waals surface area contributed by atoms with Gasteiger partial charge in [-0.05, 0) is 60.4 Å². The molecular weight excluding hydrogens is 268 g/mol. The van der Waals surface area contributed by atoms with E-state index in [1.807, 2.05) is 13.8 Å². The second-order valence-electron chi connectivity index (χ2n) is 6.91. The first-order chi connectivity index (χ1) is 9.73. The van der Waals surface area contributed by atoms with Gasteiger partial charge in [0.1, 0.15) is 5.54 Å². The Balaban J connectivity index is 2.33. The second-order valence-corrected chi connectivity index (χ2v) is 6.91. The highest BCUT2D eigenvalue weighted by atomic mass is 16.5. The molecule has 1 saturated heterocycles. The van der Waals surface area contributed by atoms with E-state index in [1.54, 1.807) is 6.92 Å². The Hall–Kier alpha value is -0.650. The number of carboxylic acids is 1. The number of carboxylic acid groups (broad SMARTS) is 1. The van der Waals surface area contributed by atoms with Crippen LogP contribution in [0.4, 0.5) is 0 Å². The molecule has 124 valence electrons. The number of unbranched alkanes of at least 4 members (excludes halogenated alkanes) is 1. The van der Waals surface area contributed by atoms with E-state index in [0.717, 1.165) is 32.5 Å². The molecule has 3 unspecified atom stereocenters. The molecule has 1 fully saturated rings. The number of ether oxygens (including phenoxy) is 1. The standard InChI is InChI=1S/C16H32N2O3/c1-12(2)17-16(5,15(19)20)8-6-7-9-18-10-13(3)21-14(4)11-18/h12-14,17H,6-11H2,1-5H3,(H,19,20). The molecule has 0 spiro atoms. The minimum Gasteiger partial charge on any atom is -0.480 e. The molecule has 5 nitrogen and oxygen atoms in total. The lowest BCUT2D eigenvalue weighted by Crippen LogP contribution is -2.52. The zero-order valence-electron chi connectivity index (χ0n) is 14.2. The van der Waals surface area contributed by atoms with Gasteiger partial charge in [-0.15, -0.1) is 0 Å². The van der Waals surface area contributed by atoms with Crippen molar-refractivity contribution < 1.29 is 14.6 Å². The van der Waals surface area contributed by atoms with Crippen LogP contribution < -0.4 is 5.32 Å². The first-order valence-electron chi connectivity index (χ1n) is 8.12. The van der Waals surface area contributed by atoms with E-state index in [4.69, 9.17) is 4.74 Å². The van der Waals surface area contributed by atoms with Crippen LogP contribution in [0.3, 0.4) is 0 Å². The number of nitrogens with one attached hydrogen (secondary N) is 1. The maximum absolute atomic E-state index is 11.4. The zero-order chi connectivity index (χ0) is 16.0. The van der Waals surface area contributed by atoms with Gasteiger partial charge in [-0.3, -0.25) is 15.0 Å². The Morgan fingerprint density at radius 2 is 1.90 bits per heavy atom. The summed E-state index contributed by atoms with van der Waals surface area (Å²) in [5.74, 6) is -0.759. The lowest BCUT2D eigenvalue weighted by Gasteiger charge is -2.35. The van der Waals surface area contributed by atoms with Crippen molar-refractivity contribution in [3.05, 3.63) is 0 Å². The molecule has 1 aliphatic rings. The molecule has 0 aromatic carbocycles. The van der Waals surface area contributed by atoms with Crippen LogP contribution in [-0.4, -0.2) is 59.4 Å². The molecule has 1 rings (SSSR count). The fourth-order valence-corrected chi connectivity index (χ4v) is 3.16. The van der Waals surface area contributed by atoms with E-state index in [2.05, 4.69) is 24.1 Å². The molecule has 5 heteroatoms. The Morgan fingerprint density at radius 3 is 2.38 bits per heavy atom. The van der Waals surface area contributed by atoms with Crippen molar-refractivity contribution >= 4 is 5.97 Å². The molecular formula is C16H32N2O3. The van der Waals surface area contributed by atoms with Crippen LogP contribution in [0.2, 0.25) is 0 Å². The van der Waals surface area contributed by atoms with Crippen molar-refractivity contribution in [2.45, 2.75) is 77.7 Å². The molecule has 0 radical (unpaired) electrons. The van der Waals surface area contributed by atoms with Crippen molar-refractivity contribution in [3.63, 3.8) is 0 Å². The van der Waals surface area contributed by atoms with E-state index in [-0.39, 0.29) is 6.04 Å². The summed E-state index contributed by atoms with van der Waals surface area (Å²) in [5, 5.41) is 12.6. The first-order valence-corrected chi connectivity index (χ1v) is 8.12. The number of nitrogens with zero attached hydrogens (tertiary/aromatic N) is 1. The van der Waals surface area contributed by atoms with Crippen molar-refractivity contribution in [2.75, 3.05) is 19.6 Å². The minimum absolute atomic E-state index is 0.173. The lowest BCUT2D eigenvalue weighted by molar-refractivity contribution is -0.144. The minimum atomic E-state index is -0.820. The summed E-state index contributed by atoms with van der Waals surface area (Å²) in [4.78, 5) is 13.9. The van der Waals surface area contributed by atoms with Gasteiger partial charge in [0.25, 0.3) is 0 Å². The van der Waals surface area contributed by atoms with Crippen molar-refractivity contribution in [3.8, 4) is 0 Å². The summed E-state index contributed by atoms with van der Waals surface area (Å²) in [7, 11) is 0. The zero-order valence-corrected chi connectivity index (χ0v) is 14.2. The summed E-state index contributed by atoms with van der Waals surface area (Å²) in [6.07, 6.45) is 3.20. The summed E-state index contributed by atoms with van der Waals surface area (Å²) in [6, 6.07) is 0.173. The van der Waals surface area contributed by atoms with Crippen LogP contribution in [0.15, 0.2) is 0 Å². The number of hydrogen-bond donors (Lipinski definition) is 2. The largest absolute Gasteiger partial charge is 0.480 e. The average molecular weight is 300 g/mol. The van der Waals surface area contributed by atoms with Gasteiger partial charge in [0.05, 0.1) is 12.2 Å². The first kappa shape index (κ1) is 18.4. The molecule has 0 aromatic heterocycles. The van der Waals surface area contributed by atoms with Crippen molar-refractivity contribution in [2.24, 2.45) is 0 Å². The van der Waals surface area contributed by atoms with Gasteiger partial charge in [0.15, 0.2) is 0 Å². The smallest absolute Gasteiger partial charge is 0.323 e. The normalized spacial score (nSPS) is 26.8. The number of aliphatic carboxylic acids is 1. The van der Waals surface area contributed by atoms with Crippen LogP contribution >= 0.6 is 0 Å². The average Bonchev–Trinajstić information content (AvgIpc) is 2.32. The van der Waals surface area contributed by atoms with Crippen LogP contribution in [0, 0.1) is 0 Å². The quantitative estimate of drug-likeness (QED) is 0.672. The van der Waals surface area contributed by atoms with E-state index in [9.17, 15) is 9.90 Å². The predicted molar refractivity (Wildman–Crippen MR) is 84.6 cm³/mol. The number of hydrogen-bond acceptors (Lipinski definition) is 4. The molecule has 2 N–H and O–H groups in total. The van der Waals surface area contributed by atoms with Gasteiger partial charge >= 0.3 is 5.97 Å². The fraction of sp³-hybridized carbons (Fsp3) is 0.938. The van der Waals surface area contributed by atoms with Gasteiger partial charge < -0.3 is 9.84 Å². The Kier molecular flexibility index (Phi) is 7.10. The fourth-order valence-electron chi connectivity index (χ4n) is 3.16. The van der Waals surface area contributed by atoms with Crippen LogP contribution in [0.5, 0.6) is 0 Å². The maximum atomic E-state index is 11.4. The van der Waals surface area contributed by atoms with Crippen LogP contribution in [-0.2, 0) is 9.53 Å². The monoisotopic (exact) mass is 300 g/mol. The Morgan fingerprint density at radius 1 is 1.33 bits per heavy atom. The molecule has 0 amide bonds. The third kappa shape index (κ3) is 6.32. The highest BCUT2D eigenvalue weighted by Gasteiger charge is 2.32. The van der Waals surface area contributed by atoms with Gasteiger partial charge in [-0.1, -0.05) is 0 Å². The Bertz CT molecular complexity index is 325. The summed E-state index contributed by atoms with van der Waals surface area (Å²) >= 11 is 0. The Labute approximate surface area is 129 Å². The topological polar surface area (TPSA) is 61.8 Å². The third-order valence-electron chi connectivity index (χ3n) is 3.98. The van der Waals surface area contributed by atoms with Crippen LogP contribution in [0.25, 0.3) is 0 Å². The lowest BCUT2D eigenvalue weighted by atomic mass is 9.94. The number of carbonyl (C=O) groups is 1. The van der Waals surface area contributed by atoms with Gasteiger partial charge in [-0.25, -0.2) is 0 Å². The van der Waals surface area contributed by atoms with Gasteiger partial charge in [0, 0.05) is 19.1 Å². The van der Waals surface area contributed by atoms with E-state index in [1.165, 1.54) is 0 Å². The third-order valence-corrected chi connectivity index (χ3v) is 3.98. The van der Waals surface area contributed by atoms with E-state index >= 15 is 0 Å². The molecule has 0 aromatic rings. The summed E-state index contributed by atoms with van der Waals surface area (Å²) < 4.78 is 5.72. The molecule has 0 aliphatic carbocycles. The summed E-state index contributed by atoms with van der Waals surface area (Å²) in [6.45, 7) is 12.9. The predicted octanol–water partition coefficient (Wildman–Crippen LogP) is 2.11. The van der Waals surface area contributed by atoms with Crippen molar-refractivity contribution in [1.29, 1.82) is 0 Å². The molecule has 0 saturated carbocycles. The molecule has 1 heterocycles. The van der Waals surface area contributed by atoms with E-state index < -0.39 is 11.5 Å². The molecule has 0 bridgehead atoms. The molecule has 1 aliphatic heterocycles. The molecule has 21 heavy (non-hydrogen) atoms. The summed E-state index contributed by atoms with van der Waals surface area (Å²) in [5.41, 5.74) is -0.820. The van der Waals surface area contributed by atoms with Crippen molar-refractivity contribution in [1.82, 2.24) is 10.2 Å². The SMILES string of the molecule is CC(C)NC(C)(CCCCN1CC(C)OC(C)C1)C(=O)O. The second kappa shape index (κ2) is 8.11. The van der Waals surface area contributed by atoms with Gasteiger partial charge in [-0.2, -0.15) is 0 Å². The number of rotatable bonds is 8.